The lowest BCUT2D eigenvalue weighted by Gasteiger charge is -2.07. The van der Waals surface area contributed by atoms with E-state index in [-0.39, 0.29) is 24.4 Å². The predicted octanol–water partition coefficient (Wildman–Crippen LogP) is 2.29. The summed E-state index contributed by atoms with van der Waals surface area (Å²) in [5, 5.41) is 3.76. The Bertz CT molecular complexity index is 1180. The van der Waals surface area contributed by atoms with Gasteiger partial charge in [0.15, 0.2) is 0 Å². The Morgan fingerprint density at radius 1 is 1.30 bits per heavy atom. The van der Waals surface area contributed by atoms with Crippen molar-refractivity contribution in [2.45, 2.75) is 26.4 Å². The second kappa shape index (κ2) is 7.03. The second-order valence-corrected chi connectivity index (χ2v) is 6.53. The lowest BCUT2D eigenvalue weighted by atomic mass is 10.2. The Labute approximate surface area is 155 Å². The van der Waals surface area contributed by atoms with E-state index >= 15 is 0 Å². The topological polar surface area (TPSA) is 92.7 Å². The van der Waals surface area contributed by atoms with Crippen molar-refractivity contribution >= 4 is 27.8 Å². The van der Waals surface area contributed by atoms with Crippen molar-refractivity contribution in [1.82, 2.24) is 24.8 Å². The molecule has 136 valence electrons. The number of hydrogen-bond acceptors (Lipinski definition) is 4. The lowest BCUT2D eigenvalue weighted by Crippen LogP contribution is -2.27. The highest BCUT2D eigenvalue weighted by molar-refractivity contribution is 6.04. The first-order chi connectivity index (χ1) is 13.1. The molecule has 3 aromatic heterocycles. The van der Waals surface area contributed by atoms with Crippen molar-refractivity contribution in [2.75, 3.05) is 0 Å². The van der Waals surface area contributed by atoms with Crippen LogP contribution in [0.3, 0.4) is 0 Å². The van der Waals surface area contributed by atoms with Gasteiger partial charge >= 0.3 is 0 Å². The van der Waals surface area contributed by atoms with Gasteiger partial charge in [0.1, 0.15) is 11.0 Å². The molecule has 0 saturated heterocycles. The molecular formula is C20H19N5O2. The molecule has 0 aliphatic heterocycles. The molecule has 0 atom stereocenters. The predicted molar refractivity (Wildman–Crippen MR) is 103 cm³/mol. The molecule has 2 N–H and O–H groups in total. The number of H-pyrrole nitrogens is 1. The quantitative estimate of drug-likeness (QED) is 0.570. The summed E-state index contributed by atoms with van der Waals surface area (Å²) in [6.07, 6.45) is 5.10. The maximum atomic E-state index is 12.7. The van der Waals surface area contributed by atoms with Crippen LogP contribution >= 0.6 is 0 Å². The number of carbonyl (C=O) groups excluding carboxylic acids is 1. The summed E-state index contributed by atoms with van der Waals surface area (Å²) in [6, 6.07) is 9.67. The number of nitrogens with zero attached hydrogens (tertiary/aromatic N) is 3. The third-order valence-corrected chi connectivity index (χ3v) is 4.52. The van der Waals surface area contributed by atoms with Crippen LogP contribution in [0.4, 0.5) is 0 Å². The number of rotatable bonds is 5. The minimum Gasteiger partial charge on any atom is -0.352 e. The van der Waals surface area contributed by atoms with Crippen LogP contribution in [0.5, 0.6) is 0 Å². The zero-order valence-corrected chi connectivity index (χ0v) is 14.9. The van der Waals surface area contributed by atoms with Crippen LogP contribution in [0.25, 0.3) is 21.9 Å². The van der Waals surface area contributed by atoms with Crippen molar-refractivity contribution in [2.24, 2.45) is 0 Å². The molecule has 4 rings (SSSR count). The molecule has 7 heteroatoms. The number of pyridine rings is 1. The first-order valence-electron chi connectivity index (χ1n) is 8.75. The van der Waals surface area contributed by atoms with Gasteiger partial charge in [0.05, 0.1) is 6.33 Å². The molecule has 7 nitrogen and oxygen atoms in total. The molecule has 3 heterocycles. The van der Waals surface area contributed by atoms with Crippen molar-refractivity contribution in [1.29, 1.82) is 0 Å². The molecule has 0 fully saturated rings. The highest BCUT2D eigenvalue weighted by Gasteiger charge is 2.12. The van der Waals surface area contributed by atoms with E-state index in [0.717, 1.165) is 22.0 Å². The van der Waals surface area contributed by atoms with E-state index in [1.165, 1.54) is 10.9 Å². The Balaban J connectivity index is 1.49. The van der Waals surface area contributed by atoms with Crippen molar-refractivity contribution in [3.63, 3.8) is 0 Å². The molecule has 4 aromatic rings. The largest absolute Gasteiger partial charge is 0.352 e. The fourth-order valence-corrected chi connectivity index (χ4v) is 3.08. The molecule has 1 aromatic carbocycles. The smallest absolute Gasteiger partial charge is 0.277 e. The second-order valence-electron chi connectivity index (χ2n) is 6.53. The van der Waals surface area contributed by atoms with Gasteiger partial charge in [-0.25, -0.2) is 4.98 Å². The van der Waals surface area contributed by atoms with E-state index in [1.807, 2.05) is 37.3 Å². The SMILES string of the molecule is Cc1ccc2[nH]c3c(=O)n(CCC(=O)NCc4cccnc4)cnc3c2c1. The summed E-state index contributed by atoms with van der Waals surface area (Å²) >= 11 is 0. The molecule has 0 aliphatic rings. The number of amides is 1. The van der Waals surface area contributed by atoms with Crippen LogP contribution in [-0.2, 0) is 17.9 Å². The summed E-state index contributed by atoms with van der Waals surface area (Å²) in [5.74, 6) is -0.127. The monoisotopic (exact) mass is 361 g/mol. The third-order valence-electron chi connectivity index (χ3n) is 4.52. The number of aromatic amines is 1. The van der Waals surface area contributed by atoms with Crippen molar-refractivity contribution < 1.29 is 4.79 Å². The number of aryl methyl sites for hydroxylation is 2. The van der Waals surface area contributed by atoms with Gasteiger partial charge in [0.25, 0.3) is 5.56 Å². The Morgan fingerprint density at radius 3 is 3.00 bits per heavy atom. The van der Waals surface area contributed by atoms with Crippen LogP contribution < -0.4 is 10.9 Å². The number of fused-ring (bicyclic) bond motifs is 3. The molecule has 0 bridgehead atoms. The van der Waals surface area contributed by atoms with E-state index in [4.69, 9.17) is 0 Å². The van der Waals surface area contributed by atoms with Crippen LogP contribution in [-0.4, -0.2) is 25.4 Å². The highest BCUT2D eigenvalue weighted by atomic mass is 16.1. The molecule has 1 amide bonds. The summed E-state index contributed by atoms with van der Waals surface area (Å²) in [6.45, 7) is 2.69. The molecule has 0 spiro atoms. The van der Waals surface area contributed by atoms with Gasteiger partial charge in [-0.3, -0.25) is 19.1 Å². The van der Waals surface area contributed by atoms with Gasteiger partial charge in [-0.05, 0) is 30.7 Å². The number of nitrogens with one attached hydrogen (secondary N) is 2. The fraction of sp³-hybridized carbons (Fsp3) is 0.200. The number of hydrogen-bond donors (Lipinski definition) is 2. The lowest BCUT2D eigenvalue weighted by molar-refractivity contribution is -0.121. The number of benzene rings is 1. The van der Waals surface area contributed by atoms with E-state index in [1.54, 1.807) is 12.4 Å². The van der Waals surface area contributed by atoms with E-state index < -0.39 is 0 Å². The molecule has 0 unspecified atom stereocenters. The van der Waals surface area contributed by atoms with Gasteiger partial charge in [0, 0.05) is 42.8 Å². The van der Waals surface area contributed by atoms with Crippen LogP contribution in [0, 0.1) is 6.92 Å². The number of carbonyl (C=O) groups is 1. The van der Waals surface area contributed by atoms with Crippen LogP contribution in [0.2, 0.25) is 0 Å². The van der Waals surface area contributed by atoms with E-state index in [9.17, 15) is 9.59 Å². The van der Waals surface area contributed by atoms with Gasteiger partial charge in [-0.15, -0.1) is 0 Å². The maximum Gasteiger partial charge on any atom is 0.277 e. The Kier molecular flexibility index (Phi) is 4.42. The molecule has 27 heavy (non-hydrogen) atoms. The summed E-state index contributed by atoms with van der Waals surface area (Å²) in [4.78, 5) is 36.4. The minimum absolute atomic E-state index is 0.127. The standard InChI is InChI=1S/C20H19N5O2/c1-13-4-5-16-15(9-13)18-19(24-16)20(27)25(12-23-18)8-6-17(26)22-11-14-3-2-7-21-10-14/h2-5,7,9-10,12,24H,6,8,11H2,1H3,(H,22,26). The summed E-state index contributed by atoms with van der Waals surface area (Å²) < 4.78 is 1.47. The zero-order valence-electron chi connectivity index (χ0n) is 14.9. The van der Waals surface area contributed by atoms with Crippen LogP contribution in [0.15, 0.2) is 53.8 Å². The van der Waals surface area contributed by atoms with Gasteiger partial charge < -0.3 is 10.3 Å². The average molecular weight is 361 g/mol. The first kappa shape index (κ1) is 17.0. The van der Waals surface area contributed by atoms with E-state index in [2.05, 4.69) is 20.3 Å². The fourth-order valence-electron chi connectivity index (χ4n) is 3.08. The highest BCUT2D eigenvalue weighted by Crippen LogP contribution is 2.22. The zero-order chi connectivity index (χ0) is 18.8. The van der Waals surface area contributed by atoms with Gasteiger partial charge in [-0.2, -0.15) is 0 Å². The summed E-state index contributed by atoms with van der Waals surface area (Å²) in [5.41, 5.74) is 3.88. The molecule has 0 radical (unpaired) electrons. The van der Waals surface area contributed by atoms with Crippen LogP contribution in [0.1, 0.15) is 17.5 Å². The van der Waals surface area contributed by atoms with Crippen molar-refractivity contribution in [3.05, 3.63) is 70.5 Å². The maximum absolute atomic E-state index is 12.7. The normalized spacial score (nSPS) is 11.1. The molecule has 0 saturated carbocycles. The molecular weight excluding hydrogens is 342 g/mol. The molecule has 0 aliphatic carbocycles. The minimum atomic E-state index is -0.172. The van der Waals surface area contributed by atoms with Gasteiger partial charge in [0.2, 0.25) is 5.91 Å². The Morgan fingerprint density at radius 2 is 2.19 bits per heavy atom. The summed E-state index contributed by atoms with van der Waals surface area (Å²) in [7, 11) is 0. The first-order valence-corrected chi connectivity index (χ1v) is 8.75. The van der Waals surface area contributed by atoms with E-state index in [0.29, 0.717) is 17.6 Å². The van der Waals surface area contributed by atoms with Gasteiger partial charge in [-0.1, -0.05) is 17.7 Å². The number of aromatic nitrogens is 4. The Hall–Kier alpha value is -3.48. The third kappa shape index (κ3) is 3.44. The van der Waals surface area contributed by atoms with Crippen molar-refractivity contribution in [3.8, 4) is 0 Å². The average Bonchev–Trinajstić information content (AvgIpc) is 3.05.